The van der Waals surface area contributed by atoms with Gasteiger partial charge in [0, 0.05) is 19.0 Å². The Balaban J connectivity index is 1.99. The molecule has 2 heterocycles. The van der Waals surface area contributed by atoms with Crippen LogP contribution in [0.5, 0.6) is 5.75 Å². The van der Waals surface area contributed by atoms with E-state index < -0.39 is 16.5 Å². The lowest BCUT2D eigenvalue weighted by molar-refractivity contribution is -0.274. The minimum absolute atomic E-state index is 0.215. The van der Waals surface area contributed by atoms with E-state index in [0.29, 0.717) is 18.9 Å². The van der Waals surface area contributed by atoms with Crippen molar-refractivity contribution in [3.63, 3.8) is 0 Å². The molecule has 0 spiro atoms. The average Bonchev–Trinajstić information content (AvgIpc) is 2.23. The number of nitrogens with zero attached hydrogens (tertiary/aromatic N) is 2. The first-order chi connectivity index (χ1) is 9.53. The van der Waals surface area contributed by atoms with Crippen molar-refractivity contribution in [3.05, 3.63) is 17.8 Å². The maximum absolute atomic E-state index is 12.1. The van der Waals surface area contributed by atoms with Crippen molar-refractivity contribution in [3.8, 4) is 5.75 Å². The third-order valence-corrected chi connectivity index (χ3v) is 3.89. The largest absolute Gasteiger partial charge is 0.573 e. The van der Waals surface area contributed by atoms with E-state index in [1.807, 2.05) is 0 Å². The topological polar surface area (TPSA) is 79.7 Å². The summed E-state index contributed by atoms with van der Waals surface area (Å²) in [5, 5.41) is 0. The molecule has 0 atom stereocenters. The number of ether oxygens (including phenoxy) is 1. The second-order valence-electron chi connectivity index (χ2n) is 4.88. The molecule has 0 amide bonds. The summed E-state index contributed by atoms with van der Waals surface area (Å²) in [7, 11) is -4.02. The minimum Gasteiger partial charge on any atom is -0.404 e. The molecule has 6 nitrogen and oxygen atoms in total. The monoisotopic (exact) mass is 326 g/mol. The van der Waals surface area contributed by atoms with Gasteiger partial charge in [-0.3, -0.25) is 4.55 Å². The van der Waals surface area contributed by atoms with Gasteiger partial charge in [-0.1, -0.05) is 0 Å². The average molecular weight is 326 g/mol. The molecule has 1 fully saturated rings. The molecule has 1 N–H and O–H groups in total. The fraction of sp³-hybridized carbons (Fsp3) is 0.545. The molecule has 1 aromatic heterocycles. The SMILES string of the molecule is Cc1cc(N2CC(CS(=O)(=O)O)C2)ncc1OC(F)(F)F. The van der Waals surface area contributed by atoms with Crippen LogP contribution in [0, 0.1) is 12.8 Å². The van der Waals surface area contributed by atoms with Crippen LogP contribution >= 0.6 is 0 Å². The fourth-order valence-electron chi connectivity index (χ4n) is 2.09. The predicted molar refractivity (Wildman–Crippen MR) is 67.8 cm³/mol. The lowest BCUT2D eigenvalue weighted by Gasteiger charge is -2.39. The van der Waals surface area contributed by atoms with Gasteiger partial charge in [0.1, 0.15) is 5.82 Å². The molecule has 10 heteroatoms. The summed E-state index contributed by atoms with van der Waals surface area (Å²) in [6.45, 7) is 2.19. The van der Waals surface area contributed by atoms with Gasteiger partial charge in [0.25, 0.3) is 10.1 Å². The molecule has 118 valence electrons. The van der Waals surface area contributed by atoms with E-state index in [2.05, 4.69) is 9.72 Å². The molecule has 1 saturated heterocycles. The van der Waals surface area contributed by atoms with E-state index in [0.717, 1.165) is 6.20 Å². The predicted octanol–water partition coefficient (Wildman–Crippen LogP) is 1.61. The third kappa shape index (κ3) is 4.46. The number of hydrogen-bond acceptors (Lipinski definition) is 5. The summed E-state index contributed by atoms with van der Waals surface area (Å²) in [6, 6.07) is 1.44. The number of rotatable bonds is 4. The van der Waals surface area contributed by atoms with Gasteiger partial charge >= 0.3 is 6.36 Å². The van der Waals surface area contributed by atoms with Crippen LogP contribution in [0.2, 0.25) is 0 Å². The molecule has 0 aromatic carbocycles. The summed E-state index contributed by atoms with van der Waals surface area (Å²) in [5.41, 5.74) is 0.274. The van der Waals surface area contributed by atoms with Gasteiger partial charge < -0.3 is 9.64 Å². The highest BCUT2D eigenvalue weighted by Crippen LogP contribution is 2.30. The molecule has 21 heavy (non-hydrogen) atoms. The summed E-state index contributed by atoms with van der Waals surface area (Å²) < 4.78 is 70.3. The second-order valence-corrected chi connectivity index (χ2v) is 6.37. The summed E-state index contributed by atoms with van der Waals surface area (Å²) in [4.78, 5) is 5.57. The van der Waals surface area contributed by atoms with Crippen molar-refractivity contribution in [2.24, 2.45) is 5.92 Å². The minimum atomic E-state index is -4.77. The lowest BCUT2D eigenvalue weighted by Crippen LogP contribution is -2.50. The molecule has 0 saturated carbocycles. The van der Waals surface area contributed by atoms with E-state index in [1.165, 1.54) is 13.0 Å². The first-order valence-corrected chi connectivity index (χ1v) is 7.57. The van der Waals surface area contributed by atoms with Gasteiger partial charge in [-0.2, -0.15) is 8.42 Å². The van der Waals surface area contributed by atoms with Crippen molar-refractivity contribution >= 4 is 15.9 Å². The molecule has 0 unspecified atom stereocenters. The zero-order valence-electron chi connectivity index (χ0n) is 11.0. The molecular formula is C11H13F3N2O4S. The van der Waals surface area contributed by atoms with Crippen molar-refractivity contribution in [2.45, 2.75) is 13.3 Å². The van der Waals surface area contributed by atoms with Gasteiger partial charge in [-0.05, 0) is 18.6 Å². The Hall–Kier alpha value is -1.55. The van der Waals surface area contributed by atoms with Crippen molar-refractivity contribution in [1.29, 1.82) is 0 Å². The fourth-order valence-corrected chi connectivity index (χ4v) is 2.90. The molecule has 1 aliphatic rings. The van der Waals surface area contributed by atoms with Crippen LogP contribution in [0.1, 0.15) is 5.56 Å². The van der Waals surface area contributed by atoms with Crippen LogP contribution in [0.15, 0.2) is 12.3 Å². The standard InChI is InChI=1S/C11H13F3N2O4S/c1-7-2-10(15-3-9(7)20-11(12,13)14)16-4-8(5-16)6-21(17,18)19/h2-3,8H,4-6H2,1H3,(H,17,18,19). The van der Waals surface area contributed by atoms with Crippen LogP contribution in [-0.2, 0) is 10.1 Å². The first kappa shape index (κ1) is 15.8. The van der Waals surface area contributed by atoms with E-state index in [4.69, 9.17) is 4.55 Å². The molecule has 1 aromatic rings. The highest BCUT2D eigenvalue weighted by molar-refractivity contribution is 7.85. The molecule has 0 radical (unpaired) electrons. The quantitative estimate of drug-likeness (QED) is 0.847. The number of alkyl halides is 3. The smallest absolute Gasteiger partial charge is 0.404 e. The van der Waals surface area contributed by atoms with Crippen molar-refractivity contribution < 1.29 is 30.9 Å². The van der Waals surface area contributed by atoms with Gasteiger partial charge in [0.2, 0.25) is 0 Å². The summed E-state index contributed by atoms with van der Waals surface area (Å²) in [6.07, 6.45) is -3.79. The number of anilines is 1. The van der Waals surface area contributed by atoms with Crippen LogP contribution in [-0.4, -0.2) is 43.2 Å². The Kier molecular flexibility index (Phi) is 4.02. The van der Waals surface area contributed by atoms with E-state index in [-0.39, 0.29) is 23.0 Å². The van der Waals surface area contributed by atoms with Crippen LogP contribution in [0.25, 0.3) is 0 Å². The molecule has 0 aliphatic carbocycles. The lowest BCUT2D eigenvalue weighted by atomic mass is 10.0. The van der Waals surface area contributed by atoms with Crippen LogP contribution < -0.4 is 9.64 Å². The maximum atomic E-state index is 12.1. The number of aromatic nitrogens is 1. The Morgan fingerprint density at radius 2 is 2.10 bits per heavy atom. The van der Waals surface area contributed by atoms with E-state index >= 15 is 0 Å². The highest BCUT2D eigenvalue weighted by atomic mass is 32.2. The van der Waals surface area contributed by atoms with Gasteiger partial charge in [-0.15, -0.1) is 13.2 Å². The Morgan fingerprint density at radius 3 is 2.57 bits per heavy atom. The number of aryl methyl sites for hydroxylation is 1. The summed E-state index contributed by atoms with van der Waals surface area (Å²) >= 11 is 0. The zero-order valence-corrected chi connectivity index (χ0v) is 11.8. The van der Waals surface area contributed by atoms with Gasteiger partial charge in [0.05, 0.1) is 11.9 Å². The molecule has 0 bridgehead atoms. The first-order valence-electron chi connectivity index (χ1n) is 5.96. The Morgan fingerprint density at radius 1 is 1.48 bits per heavy atom. The van der Waals surface area contributed by atoms with E-state index in [9.17, 15) is 21.6 Å². The van der Waals surface area contributed by atoms with E-state index in [1.54, 1.807) is 4.90 Å². The number of halogens is 3. The normalized spacial score (nSPS) is 16.7. The van der Waals surface area contributed by atoms with Crippen molar-refractivity contribution in [2.75, 3.05) is 23.7 Å². The van der Waals surface area contributed by atoms with Gasteiger partial charge in [-0.25, -0.2) is 4.98 Å². The number of pyridine rings is 1. The highest BCUT2D eigenvalue weighted by Gasteiger charge is 2.33. The summed E-state index contributed by atoms with van der Waals surface area (Å²) in [5.74, 6) is -0.485. The molecular weight excluding hydrogens is 313 g/mol. The third-order valence-electron chi connectivity index (χ3n) is 3.00. The Bertz CT molecular complexity index is 627. The molecule has 2 rings (SSSR count). The maximum Gasteiger partial charge on any atom is 0.573 e. The molecule has 1 aliphatic heterocycles. The Labute approximate surface area is 119 Å². The van der Waals surface area contributed by atoms with Crippen molar-refractivity contribution in [1.82, 2.24) is 4.98 Å². The number of hydrogen-bond donors (Lipinski definition) is 1. The van der Waals surface area contributed by atoms with Gasteiger partial charge in [0.15, 0.2) is 5.75 Å². The van der Waals surface area contributed by atoms with Crippen LogP contribution in [0.4, 0.5) is 19.0 Å². The van der Waals surface area contributed by atoms with Crippen LogP contribution in [0.3, 0.4) is 0 Å². The second kappa shape index (κ2) is 5.34. The zero-order chi connectivity index (χ0) is 15.8.